The van der Waals surface area contributed by atoms with Crippen LogP contribution in [0.2, 0.25) is 0 Å². The molecule has 2 atom stereocenters. The highest BCUT2D eigenvalue weighted by Gasteiger charge is 2.18. The average Bonchev–Trinajstić information content (AvgIpc) is 2.50. The summed E-state index contributed by atoms with van der Waals surface area (Å²) >= 11 is 0. The van der Waals surface area contributed by atoms with Crippen molar-refractivity contribution in [3.8, 4) is 5.75 Å². The molecular weight excluding hydrogens is 274 g/mol. The summed E-state index contributed by atoms with van der Waals surface area (Å²) < 4.78 is 5.75. The topological polar surface area (TPSA) is 38.3 Å². The SMILES string of the molecule is Cc1ccc([C@@H](C)NC(=O)[C@@H](C)Oc2ccccc2C)cc1. The van der Waals surface area contributed by atoms with E-state index in [1.54, 1.807) is 6.92 Å². The molecule has 0 unspecified atom stereocenters. The van der Waals surface area contributed by atoms with Crippen molar-refractivity contribution in [1.29, 1.82) is 0 Å². The number of ether oxygens (including phenoxy) is 1. The van der Waals surface area contributed by atoms with E-state index in [0.717, 1.165) is 16.9 Å². The van der Waals surface area contributed by atoms with Gasteiger partial charge in [-0.05, 0) is 44.9 Å². The van der Waals surface area contributed by atoms with Crippen LogP contribution in [-0.2, 0) is 4.79 Å². The van der Waals surface area contributed by atoms with Gasteiger partial charge < -0.3 is 10.1 Å². The second-order valence-corrected chi connectivity index (χ2v) is 5.67. The molecule has 0 radical (unpaired) electrons. The van der Waals surface area contributed by atoms with E-state index in [2.05, 4.69) is 5.32 Å². The Morgan fingerprint density at radius 2 is 1.64 bits per heavy atom. The monoisotopic (exact) mass is 297 g/mol. The van der Waals surface area contributed by atoms with Gasteiger partial charge in [0, 0.05) is 0 Å². The first kappa shape index (κ1) is 16.1. The van der Waals surface area contributed by atoms with Crippen LogP contribution >= 0.6 is 0 Å². The first-order valence-electron chi connectivity index (χ1n) is 7.56. The molecule has 0 saturated carbocycles. The molecule has 0 spiro atoms. The second kappa shape index (κ2) is 7.12. The molecular formula is C19H23NO2. The summed E-state index contributed by atoms with van der Waals surface area (Å²) in [6.45, 7) is 7.76. The van der Waals surface area contributed by atoms with E-state index in [9.17, 15) is 4.79 Å². The number of nitrogens with one attached hydrogen (secondary N) is 1. The number of carbonyl (C=O) groups is 1. The number of aryl methyl sites for hydroxylation is 2. The van der Waals surface area contributed by atoms with E-state index in [1.807, 2.05) is 69.3 Å². The van der Waals surface area contributed by atoms with Crippen LogP contribution in [0, 0.1) is 13.8 Å². The number of hydrogen-bond donors (Lipinski definition) is 1. The van der Waals surface area contributed by atoms with E-state index < -0.39 is 6.10 Å². The molecule has 0 aromatic heterocycles. The maximum absolute atomic E-state index is 12.3. The van der Waals surface area contributed by atoms with Gasteiger partial charge in [0.15, 0.2) is 6.10 Å². The minimum absolute atomic E-state index is 0.0454. The molecule has 0 heterocycles. The lowest BCUT2D eigenvalue weighted by molar-refractivity contribution is -0.127. The molecule has 2 rings (SSSR count). The van der Waals surface area contributed by atoms with Gasteiger partial charge in [-0.1, -0.05) is 48.0 Å². The van der Waals surface area contributed by atoms with Gasteiger partial charge >= 0.3 is 0 Å². The van der Waals surface area contributed by atoms with Gasteiger partial charge in [-0.3, -0.25) is 4.79 Å². The fourth-order valence-corrected chi connectivity index (χ4v) is 2.20. The van der Waals surface area contributed by atoms with Crippen LogP contribution in [0.3, 0.4) is 0 Å². The van der Waals surface area contributed by atoms with Crippen LogP contribution in [0.1, 0.15) is 36.6 Å². The predicted octanol–water partition coefficient (Wildman–Crippen LogP) is 3.95. The number of carbonyl (C=O) groups excluding carboxylic acids is 1. The highest BCUT2D eigenvalue weighted by Crippen LogP contribution is 2.18. The molecule has 0 bridgehead atoms. The van der Waals surface area contributed by atoms with Crippen LogP contribution in [0.15, 0.2) is 48.5 Å². The summed E-state index contributed by atoms with van der Waals surface area (Å²) in [6, 6.07) is 15.8. The molecule has 2 aromatic carbocycles. The summed E-state index contributed by atoms with van der Waals surface area (Å²) in [5, 5.41) is 2.99. The summed E-state index contributed by atoms with van der Waals surface area (Å²) in [5.41, 5.74) is 3.31. The van der Waals surface area contributed by atoms with Crippen LogP contribution in [0.5, 0.6) is 5.75 Å². The van der Waals surface area contributed by atoms with E-state index in [4.69, 9.17) is 4.74 Å². The molecule has 0 aliphatic rings. The first-order valence-corrected chi connectivity index (χ1v) is 7.56. The average molecular weight is 297 g/mol. The number of para-hydroxylation sites is 1. The van der Waals surface area contributed by atoms with Crippen LogP contribution in [-0.4, -0.2) is 12.0 Å². The molecule has 1 amide bonds. The van der Waals surface area contributed by atoms with Crippen molar-refractivity contribution >= 4 is 5.91 Å². The van der Waals surface area contributed by atoms with Crippen molar-refractivity contribution in [2.75, 3.05) is 0 Å². The van der Waals surface area contributed by atoms with Crippen molar-refractivity contribution in [2.24, 2.45) is 0 Å². The fourth-order valence-electron chi connectivity index (χ4n) is 2.20. The first-order chi connectivity index (χ1) is 10.5. The molecule has 0 fully saturated rings. The molecule has 0 saturated heterocycles. The van der Waals surface area contributed by atoms with Gasteiger partial charge in [-0.2, -0.15) is 0 Å². The van der Waals surface area contributed by atoms with Crippen molar-refractivity contribution < 1.29 is 9.53 Å². The van der Waals surface area contributed by atoms with Crippen LogP contribution in [0.4, 0.5) is 0 Å². The van der Waals surface area contributed by atoms with Crippen molar-refractivity contribution in [3.05, 3.63) is 65.2 Å². The Morgan fingerprint density at radius 3 is 2.27 bits per heavy atom. The lowest BCUT2D eigenvalue weighted by atomic mass is 10.1. The third-order valence-electron chi connectivity index (χ3n) is 3.70. The number of rotatable bonds is 5. The normalized spacial score (nSPS) is 13.3. The van der Waals surface area contributed by atoms with Gasteiger partial charge in [0.2, 0.25) is 0 Å². The van der Waals surface area contributed by atoms with Gasteiger partial charge in [-0.15, -0.1) is 0 Å². The lowest BCUT2D eigenvalue weighted by Gasteiger charge is -2.20. The number of benzene rings is 2. The summed E-state index contributed by atoms with van der Waals surface area (Å²) in [4.78, 5) is 12.3. The largest absolute Gasteiger partial charge is 0.481 e. The van der Waals surface area contributed by atoms with E-state index in [1.165, 1.54) is 5.56 Å². The summed E-state index contributed by atoms with van der Waals surface area (Å²) in [5.74, 6) is 0.629. The maximum Gasteiger partial charge on any atom is 0.261 e. The zero-order valence-corrected chi connectivity index (χ0v) is 13.6. The van der Waals surface area contributed by atoms with Crippen LogP contribution in [0.25, 0.3) is 0 Å². The Bertz CT molecular complexity index is 634. The Balaban J connectivity index is 1.96. The predicted molar refractivity (Wildman–Crippen MR) is 89.0 cm³/mol. The summed E-state index contributed by atoms with van der Waals surface area (Å²) in [7, 11) is 0. The molecule has 2 aromatic rings. The molecule has 1 N–H and O–H groups in total. The van der Waals surface area contributed by atoms with Crippen molar-refractivity contribution in [1.82, 2.24) is 5.32 Å². The van der Waals surface area contributed by atoms with Gasteiger partial charge in [0.25, 0.3) is 5.91 Å². The smallest absolute Gasteiger partial charge is 0.261 e. The molecule has 3 nitrogen and oxygen atoms in total. The molecule has 0 aliphatic heterocycles. The zero-order chi connectivity index (χ0) is 16.1. The number of amides is 1. The molecule has 3 heteroatoms. The zero-order valence-electron chi connectivity index (χ0n) is 13.6. The number of hydrogen-bond acceptors (Lipinski definition) is 2. The highest BCUT2D eigenvalue weighted by molar-refractivity contribution is 5.81. The fraction of sp³-hybridized carbons (Fsp3) is 0.316. The van der Waals surface area contributed by atoms with Gasteiger partial charge in [0.1, 0.15) is 5.75 Å². The minimum atomic E-state index is -0.533. The third kappa shape index (κ3) is 4.10. The standard InChI is InChI=1S/C19H23NO2/c1-13-9-11-17(12-10-13)15(3)20-19(21)16(4)22-18-8-6-5-7-14(18)2/h5-12,15-16H,1-4H3,(H,20,21)/t15-,16-/m1/s1. The minimum Gasteiger partial charge on any atom is -0.481 e. The maximum atomic E-state index is 12.3. The highest BCUT2D eigenvalue weighted by atomic mass is 16.5. The van der Waals surface area contributed by atoms with E-state index in [0.29, 0.717) is 0 Å². The Morgan fingerprint density at radius 1 is 1.00 bits per heavy atom. The van der Waals surface area contributed by atoms with Crippen LogP contribution < -0.4 is 10.1 Å². The Kier molecular flexibility index (Phi) is 5.21. The van der Waals surface area contributed by atoms with Crippen molar-refractivity contribution in [2.45, 2.75) is 39.8 Å². The lowest BCUT2D eigenvalue weighted by Crippen LogP contribution is -2.37. The Hall–Kier alpha value is -2.29. The Labute approximate surface area is 132 Å². The van der Waals surface area contributed by atoms with Gasteiger partial charge in [0.05, 0.1) is 6.04 Å². The quantitative estimate of drug-likeness (QED) is 0.907. The molecule has 22 heavy (non-hydrogen) atoms. The summed E-state index contributed by atoms with van der Waals surface area (Å²) in [6.07, 6.45) is -0.533. The van der Waals surface area contributed by atoms with Crippen molar-refractivity contribution in [3.63, 3.8) is 0 Å². The molecule has 116 valence electrons. The third-order valence-corrected chi connectivity index (χ3v) is 3.70. The van der Waals surface area contributed by atoms with Gasteiger partial charge in [-0.25, -0.2) is 0 Å². The van der Waals surface area contributed by atoms with E-state index in [-0.39, 0.29) is 11.9 Å². The van der Waals surface area contributed by atoms with E-state index >= 15 is 0 Å². The second-order valence-electron chi connectivity index (χ2n) is 5.67. The molecule has 0 aliphatic carbocycles.